The van der Waals surface area contributed by atoms with Crippen molar-refractivity contribution in [1.29, 1.82) is 0 Å². The summed E-state index contributed by atoms with van der Waals surface area (Å²) < 4.78 is 3.47. The van der Waals surface area contributed by atoms with Gasteiger partial charge < -0.3 is 4.90 Å². The van der Waals surface area contributed by atoms with Crippen molar-refractivity contribution >= 4 is 11.9 Å². The SMILES string of the molecule is CCN(CC)c1ccc(/C=N/n2c(C)nnc2-n2nc(C)cc2C)cc1. The monoisotopic (exact) mass is 351 g/mol. The Morgan fingerprint density at radius 3 is 2.31 bits per heavy atom. The molecule has 3 rings (SSSR count). The van der Waals surface area contributed by atoms with Gasteiger partial charge in [0.25, 0.3) is 5.95 Å². The minimum Gasteiger partial charge on any atom is -0.372 e. The van der Waals surface area contributed by atoms with E-state index in [0.29, 0.717) is 11.8 Å². The summed E-state index contributed by atoms with van der Waals surface area (Å²) in [6.45, 7) is 12.1. The molecule has 1 aromatic carbocycles. The van der Waals surface area contributed by atoms with Gasteiger partial charge in [-0.1, -0.05) is 12.1 Å². The quantitative estimate of drug-likeness (QED) is 0.640. The molecule has 0 aliphatic rings. The maximum atomic E-state index is 4.57. The molecule has 0 radical (unpaired) electrons. The lowest BCUT2D eigenvalue weighted by atomic mass is 10.2. The van der Waals surface area contributed by atoms with E-state index in [-0.39, 0.29) is 0 Å². The van der Waals surface area contributed by atoms with Crippen molar-refractivity contribution in [3.63, 3.8) is 0 Å². The van der Waals surface area contributed by atoms with Crippen LogP contribution in [0.3, 0.4) is 0 Å². The molecule has 2 aromatic heterocycles. The highest BCUT2D eigenvalue weighted by molar-refractivity contribution is 5.80. The lowest BCUT2D eigenvalue weighted by Gasteiger charge is -2.20. The topological polar surface area (TPSA) is 64.1 Å². The van der Waals surface area contributed by atoms with Gasteiger partial charge in [-0.15, -0.1) is 10.2 Å². The predicted molar refractivity (Wildman–Crippen MR) is 104 cm³/mol. The summed E-state index contributed by atoms with van der Waals surface area (Å²) in [7, 11) is 0. The summed E-state index contributed by atoms with van der Waals surface area (Å²) in [6.07, 6.45) is 1.82. The van der Waals surface area contributed by atoms with Crippen LogP contribution in [-0.2, 0) is 0 Å². The lowest BCUT2D eigenvalue weighted by Crippen LogP contribution is -2.21. The third kappa shape index (κ3) is 3.51. The molecule has 2 heterocycles. The second-order valence-corrected chi connectivity index (χ2v) is 6.21. The van der Waals surface area contributed by atoms with Crippen molar-refractivity contribution in [3.8, 4) is 5.95 Å². The highest BCUT2D eigenvalue weighted by Crippen LogP contribution is 2.15. The van der Waals surface area contributed by atoms with Gasteiger partial charge in [0.15, 0.2) is 5.82 Å². The highest BCUT2D eigenvalue weighted by Gasteiger charge is 2.13. The Kier molecular flexibility index (Phi) is 5.16. The van der Waals surface area contributed by atoms with Gasteiger partial charge in [0, 0.05) is 24.5 Å². The molecule has 0 fully saturated rings. The Labute approximate surface area is 154 Å². The smallest absolute Gasteiger partial charge is 0.273 e. The first-order valence-electron chi connectivity index (χ1n) is 8.88. The number of benzene rings is 1. The van der Waals surface area contributed by atoms with Gasteiger partial charge in [-0.2, -0.15) is 14.9 Å². The molecule has 0 aliphatic carbocycles. The van der Waals surface area contributed by atoms with Crippen LogP contribution in [0.4, 0.5) is 5.69 Å². The zero-order valence-corrected chi connectivity index (χ0v) is 16.0. The number of hydrogen-bond acceptors (Lipinski definition) is 5. The van der Waals surface area contributed by atoms with Crippen molar-refractivity contribution in [2.45, 2.75) is 34.6 Å². The third-order valence-corrected chi connectivity index (χ3v) is 4.32. The molecule has 0 atom stereocenters. The summed E-state index contributed by atoms with van der Waals surface area (Å²) in [5.41, 5.74) is 4.17. The van der Waals surface area contributed by atoms with Gasteiger partial charge in [0.2, 0.25) is 0 Å². The molecular weight excluding hydrogens is 326 g/mol. The van der Waals surface area contributed by atoms with Gasteiger partial charge in [-0.25, -0.2) is 4.68 Å². The second-order valence-electron chi connectivity index (χ2n) is 6.21. The molecule has 136 valence electrons. The first kappa shape index (κ1) is 17.8. The first-order chi connectivity index (χ1) is 12.5. The normalized spacial score (nSPS) is 11.4. The number of anilines is 1. The Balaban J connectivity index is 1.87. The molecule has 0 bridgehead atoms. The van der Waals surface area contributed by atoms with Crippen LogP contribution in [0.5, 0.6) is 0 Å². The van der Waals surface area contributed by atoms with Crippen molar-refractivity contribution < 1.29 is 0 Å². The van der Waals surface area contributed by atoms with Gasteiger partial charge in [-0.3, -0.25) is 0 Å². The molecule has 7 nitrogen and oxygen atoms in total. The molecule has 0 saturated heterocycles. The first-order valence-corrected chi connectivity index (χ1v) is 8.88. The van der Waals surface area contributed by atoms with E-state index in [2.05, 4.69) is 63.4 Å². The largest absolute Gasteiger partial charge is 0.372 e. The van der Waals surface area contributed by atoms with Gasteiger partial charge in [-0.05, 0) is 58.4 Å². The van der Waals surface area contributed by atoms with E-state index in [0.717, 1.165) is 30.0 Å². The summed E-state index contributed by atoms with van der Waals surface area (Å²) in [6, 6.07) is 10.4. The molecule has 0 amide bonds. The Morgan fingerprint density at radius 1 is 1.04 bits per heavy atom. The number of nitrogens with zero attached hydrogens (tertiary/aromatic N) is 7. The second kappa shape index (κ2) is 7.51. The van der Waals surface area contributed by atoms with Crippen LogP contribution in [-0.4, -0.2) is 44.0 Å². The molecule has 26 heavy (non-hydrogen) atoms. The Bertz CT molecular complexity index is 899. The Morgan fingerprint density at radius 2 is 1.73 bits per heavy atom. The fourth-order valence-electron chi connectivity index (χ4n) is 2.93. The minimum atomic E-state index is 0.587. The van der Waals surface area contributed by atoms with Crippen LogP contribution in [0, 0.1) is 20.8 Å². The molecular formula is C19H25N7. The van der Waals surface area contributed by atoms with Crippen LogP contribution >= 0.6 is 0 Å². The van der Waals surface area contributed by atoms with E-state index in [1.165, 1.54) is 5.69 Å². The van der Waals surface area contributed by atoms with Crippen LogP contribution < -0.4 is 4.90 Å². The van der Waals surface area contributed by atoms with Gasteiger partial charge >= 0.3 is 0 Å². The number of hydrogen-bond donors (Lipinski definition) is 0. The van der Waals surface area contributed by atoms with Crippen LogP contribution in [0.15, 0.2) is 35.4 Å². The summed E-state index contributed by atoms with van der Waals surface area (Å²) >= 11 is 0. The lowest BCUT2D eigenvalue weighted by molar-refractivity contribution is 0.708. The number of aryl methyl sites for hydroxylation is 3. The zero-order chi connectivity index (χ0) is 18.7. The van der Waals surface area contributed by atoms with E-state index in [1.54, 1.807) is 9.36 Å². The molecule has 0 spiro atoms. The number of rotatable bonds is 6. The number of aromatic nitrogens is 5. The van der Waals surface area contributed by atoms with Crippen molar-refractivity contribution in [1.82, 2.24) is 24.7 Å². The van der Waals surface area contributed by atoms with Crippen LogP contribution in [0.1, 0.15) is 36.6 Å². The van der Waals surface area contributed by atoms with E-state index in [1.807, 2.05) is 33.1 Å². The van der Waals surface area contributed by atoms with E-state index in [4.69, 9.17) is 0 Å². The van der Waals surface area contributed by atoms with E-state index < -0.39 is 0 Å². The van der Waals surface area contributed by atoms with Crippen LogP contribution in [0.25, 0.3) is 5.95 Å². The Hall–Kier alpha value is -2.96. The predicted octanol–water partition coefficient (Wildman–Crippen LogP) is 3.12. The third-order valence-electron chi connectivity index (χ3n) is 4.32. The summed E-state index contributed by atoms with van der Waals surface area (Å²) in [5.74, 6) is 1.30. The molecule has 3 aromatic rings. The zero-order valence-electron chi connectivity index (χ0n) is 16.0. The maximum Gasteiger partial charge on any atom is 0.273 e. The standard InChI is InChI=1S/C19H25N7/c1-6-24(7-2)18-10-8-17(9-11-18)13-20-26-16(5)21-22-19(26)25-15(4)12-14(3)23-25/h8-13H,6-7H2,1-5H3/b20-13+. The van der Waals surface area contributed by atoms with Crippen molar-refractivity contribution in [2.75, 3.05) is 18.0 Å². The molecule has 0 unspecified atom stereocenters. The maximum absolute atomic E-state index is 4.57. The van der Waals surface area contributed by atoms with Gasteiger partial charge in [0.1, 0.15) is 0 Å². The summed E-state index contributed by atoms with van der Waals surface area (Å²) in [4.78, 5) is 2.31. The van der Waals surface area contributed by atoms with Crippen LogP contribution in [0.2, 0.25) is 0 Å². The summed E-state index contributed by atoms with van der Waals surface area (Å²) in [5, 5.41) is 17.4. The molecule has 0 aliphatic heterocycles. The van der Waals surface area contributed by atoms with Crippen molar-refractivity contribution in [3.05, 3.63) is 53.1 Å². The van der Waals surface area contributed by atoms with Gasteiger partial charge in [0.05, 0.1) is 11.9 Å². The average Bonchev–Trinajstić information content (AvgIpc) is 3.16. The van der Waals surface area contributed by atoms with E-state index >= 15 is 0 Å². The fraction of sp³-hybridized carbons (Fsp3) is 0.368. The van der Waals surface area contributed by atoms with Crippen molar-refractivity contribution in [2.24, 2.45) is 5.10 Å². The molecule has 0 saturated carbocycles. The highest BCUT2D eigenvalue weighted by atomic mass is 15.5. The fourth-order valence-corrected chi connectivity index (χ4v) is 2.93. The van der Waals surface area contributed by atoms with E-state index in [9.17, 15) is 0 Å². The minimum absolute atomic E-state index is 0.587. The average molecular weight is 351 g/mol. The molecule has 0 N–H and O–H groups in total. The molecule has 7 heteroatoms.